The van der Waals surface area contributed by atoms with Crippen molar-refractivity contribution >= 4 is 50.0 Å². The summed E-state index contributed by atoms with van der Waals surface area (Å²) in [5.74, 6) is 0. The molecule has 6 aromatic rings. The van der Waals surface area contributed by atoms with Gasteiger partial charge in [0, 0.05) is 44.3 Å². The summed E-state index contributed by atoms with van der Waals surface area (Å²) in [6.07, 6.45) is 8.07. The van der Waals surface area contributed by atoms with Crippen LogP contribution >= 0.6 is 0 Å². The number of hydrogen-bond acceptors (Lipinski definition) is 2. The molecule has 1 aliphatic carbocycles. The van der Waals surface area contributed by atoms with Gasteiger partial charge in [0.1, 0.15) is 0 Å². The maximum atomic E-state index is 2.47. The fourth-order valence-electron chi connectivity index (χ4n) is 6.44. The quantitative estimate of drug-likeness (QED) is 0.142. The Balaban J connectivity index is 1.57. The summed E-state index contributed by atoms with van der Waals surface area (Å²) in [7, 11) is 0. The summed E-state index contributed by atoms with van der Waals surface area (Å²) in [6, 6.07) is 44.6. The van der Waals surface area contributed by atoms with Crippen LogP contribution in [0.5, 0.6) is 0 Å². The highest BCUT2D eigenvalue weighted by molar-refractivity contribution is 6.22. The van der Waals surface area contributed by atoms with Crippen LogP contribution in [0.25, 0.3) is 21.5 Å². The first-order valence-electron chi connectivity index (χ1n) is 15.9. The third kappa shape index (κ3) is 5.42. The molecule has 0 aliphatic heterocycles. The van der Waals surface area contributed by atoms with E-state index in [0.717, 1.165) is 23.5 Å². The first-order chi connectivity index (χ1) is 21.8. The van der Waals surface area contributed by atoms with E-state index in [4.69, 9.17) is 0 Å². The lowest BCUT2D eigenvalue weighted by Gasteiger charge is -2.35. The van der Waals surface area contributed by atoms with E-state index in [1.807, 2.05) is 0 Å². The molecular formula is C43H40N2. The van der Waals surface area contributed by atoms with Crippen LogP contribution in [0.1, 0.15) is 37.0 Å². The molecule has 0 aromatic heterocycles. The molecule has 2 heteroatoms. The van der Waals surface area contributed by atoms with Gasteiger partial charge in [-0.2, -0.15) is 0 Å². The van der Waals surface area contributed by atoms with E-state index in [2.05, 4.69) is 184 Å². The maximum Gasteiger partial charge on any atom is 0.0619 e. The molecule has 0 fully saturated rings. The summed E-state index contributed by atoms with van der Waals surface area (Å²) in [5, 5.41) is 4.86. The number of anilines is 5. The van der Waals surface area contributed by atoms with E-state index in [1.54, 1.807) is 0 Å². The monoisotopic (exact) mass is 584 g/mol. The summed E-state index contributed by atoms with van der Waals surface area (Å²) < 4.78 is 0. The Bertz CT molecular complexity index is 1960. The van der Waals surface area contributed by atoms with Crippen molar-refractivity contribution in [2.45, 2.75) is 41.0 Å². The van der Waals surface area contributed by atoms with Gasteiger partial charge in [-0.3, -0.25) is 0 Å². The Labute approximate surface area is 267 Å². The molecule has 7 rings (SSSR count). The van der Waals surface area contributed by atoms with Crippen LogP contribution < -0.4 is 9.80 Å². The molecule has 0 radical (unpaired) electrons. The minimum atomic E-state index is 0.138. The van der Waals surface area contributed by atoms with Crippen molar-refractivity contribution in [1.82, 2.24) is 0 Å². The average molecular weight is 585 g/mol. The molecule has 2 nitrogen and oxygen atoms in total. The molecule has 0 amide bonds. The van der Waals surface area contributed by atoms with Crippen molar-refractivity contribution in [3.63, 3.8) is 0 Å². The second-order valence-corrected chi connectivity index (χ2v) is 13.1. The number of aryl methyl sites for hydroxylation is 3. The number of benzene rings is 6. The Hall–Kier alpha value is -5.08. The molecule has 0 heterocycles. The van der Waals surface area contributed by atoms with Crippen molar-refractivity contribution in [3.8, 4) is 0 Å². The summed E-state index contributed by atoms with van der Waals surface area (Å²) >= 11 is 0. The van der Waals surface area contributed by atoms with Gasteiger partial charge in [-0.15, -0.1) is 0 Å². The molecule has 222 valence electrons. The Morgan fingerprint density at radius 1 is 0.467 bits per heavy atom. The van der Waals surface area contributed by atoms with Crippen LogP contribution in [0.3, 0.4) is 0 Å². The van der Waals surface area contributed by atoms with Gasteiger partial charge in [-0.1, -0.05) is 128 Å². The third-order valence-corrected chi connectivity index (χ3v) is 9.00. The van der Waals surface area contributed by atoms with Gasteiger partial charge in [-0.25, -0.2) is 0 Å². The van der Waals surface area contributed by atoms with Gasteiger partial charge >= 0.3 is 0 Å². The fourth-order valence-corrected chi connectivity index (χ4v) is 6.44. The lowest BCUT2D eigenvalue weighted by atomic mass is 9.85. The van der Waals surface area contributed by atoms with Crippen molar-refractivity contribution in [2.75, 3.05) is 9.80 Å². The molecule has 0 N–H and O–H groups in total. The Kier molecular flexibility index (Phi) is 7.30. The van der Waals surface area contributed by atoms with Crippen molar-refractivity contribution in [3.05, 3.63) is 162 Å². The SMILES string of the molecule is Cc1ccc(N(C2=CCC(C)(C)C=C2)c2c3ccccc3c(N(c3ccc(C)cc3)c3ccc(C)cc3)c3ccccc23)cc1. The van der Waals surface area contributed by atoms with Crippen LogP contribution in [0.4, 0.5) is 28.4 Å². The molecule has 0 saturated carbocycles. The number of fused-ring (bicyclic) bond motifs is 2. The topological polar surface area (TPSA) is 6.48 Å². The van der Waals surface area contributed by atoms with Crippen molar-refractivity contribution in [2.24, 2.45) is 5.41 Å². The Morgan fingerprint density at radius 3 is 1.18 bits per heavy atom. The zero-order valence-corrected chi connectivity index (χ0v) is 26.9. The van der Waals surface area contributed by atoms with Gasteiger partial charge in [-0.05, 0) is 75.1 Å². The second-order valence-electron chi connectivity index (χ2n) is 13.1. The molecule has 0 spiro atoms. The van der Waals surface area contributed by atoms with Gasteiger partial charge in [0.15, 0.2) is 0 Å². The van der Waals surface area contributed by atoms with Crippen molar-refractivity contribution in [1.29, 1.82) is 0 Å². The molecule has 0 unspecified atom stereocenters. The number of rotatable bonds is 6. The largest absolute Gasteiger partial charge is 0.310 e. The summed E-state index contributed by atoms with van der Waals surface area (Å²) in [6.45, 7) is 11.1. The highest BCUT2D eigenvalue weighted by atomic mass is 15.2. The van der Waals surface area contributed by atoms with E-state index in [0.29, 0.717) is 0 Å². The smallest absolute Gasteiger partial charge is 0.0619 e. The predicted octanol–water partition coefficient (Wildman–Crippen LogP) is 12.4. The van der Waals surface area contributed by atoms with Gasteiger partial charge in [0.25, 0.3) is 0 Å². The Morgan fingerprint density at radius 2 is 0.822 bits per heavy atom. The molecule has 1 aliphatic rings. The number of allylic oxidation sites excluding steroid dienone is 3. The molecule has 6 aromatic carbocycles. The standard InChI is InChI=1S/C43H40N2/c1-30-14-20-33(21-15-30)44(34-22-16-31(2)17-23-34)41-37-10-6-8-12-39(37)42(40-13-9-7-11-38(40)41)45(35-24-18-32(3)19-25-35)36-26-28-43(4,5)29-27-36/h6-28H,29H2,1-5H3. The molecule has 0 bridgehead atoms. The van der Waals surface area contributed by atoms with E-state index < -0.39 is 0 Å². The molecule has 0 atom stereocenters. The number of nitrogens with zero attached hydrogens (tertiary/aromatic N) is 2. The number of hydrogen-bond donors (Lipinski definition) is 0. The minimum absolute atomic E-state index is 0.138. The zero-order chi connectivity index (χ0) is 31.1. The predicted molar refractivity (Wildman–Crippen MR) is 195 cm³/mol. The third-order valence-electron chi connectivity index (χ3n) is 9.00. The van der Waals surface area contributed by atoms with Crippen LogP contribution in [-0.2, 0) is 0 Å². The maximum absolute atomic E-state index is 2.47. The normalized spacial score (nSPS) is 14.0. The fraction of sp³-hybridized carbons (Fsp3) is 0.163. The summed E-state index contributed by atoms with van der Waals surface area (Å²) in [4.78, 5) is 4.91. The summed E-state index contributed by atoms with van der Waals surface area (Å²) in [5.41, 5.74) is 10.9. The highest BCUT2D eigenvalue weighted by Crippen LogP contribution is 2.50. The van der Waals surface area contributed by atoms with E-state index in [1.165, 1.54) is 55.3 Å². The lowest BCUT2D eigenvalue weighted by molar-refractivity contribution is 0.481. The van der Waals surface area contributed by atoms with Crippen LogP contribution in [0, 0.1) is 26.2 Å². The van der Waals surface area contributed by atoms with Crippen LogP contribution in [0.15, 0.2) is 145 Å². The van der Waals surface area contributed by atoms with Gasteiger partial charge < -0.3 is 9.80 Å². The minimum Gasteiger partial charge on any atom is -0.310 e. The van der Waals surface area contributed by atoms with Crippen LogP contribution in [0.2, 0.25) is 0 Å². The molecule has 0 saturated heterocycles. The molecular weight excluding hydrogens is 544 g/mol. The van der Waals surface area contributed by atoms with Gasteiger partial charge in [0.2, 0.25) is 0 Å². The van der Waals surface area contributed by atoms with Gasteiger partial charge in [0.05, 0.1) is 11.4 Å². The van der Waals surface area contributed by atoms with E-state index in [-0.39, 0.29) is 5.41 Å². The first-order valence-corrected chi connectivity index (χ1v) is 15.9. The van der Waals surface area contributed by atoms with Crippen molar-refractivity contribution < 1.29 is 0 Å². The van der Waals surface area contributed by atoms with E-state index >= 15 is 0 Å². The highest BCUT2D eigenvalue weighted by Gasteiger charge is 2.27. The average Bonchev–Trinajstić information content (AvgIpc) is 3.05. The first kappa shape index (κ1) is 28.7. The molecule has 45 heavy (non-hydrogen) atoms. The second kappa shape index (κ2) is 11.4. The lowest BCUT2D eigenvalue weighted by Crippen LogP contribution is -2.21. The van der Waals surface area contributed by atoms with E-state index in [9.17, 15) is 0 Å². The van der Waals surface area contributed by atoms with Crippen LogP contribution in [-0.4, -0.2) is 0 Å². The zero-order valence-electron chi connectivity index (χ0n) is 26.9.